The molecule has 0 spiro atoms. The molecule has 1 heterocycles. The van der Waals surface area contributed by atoms with Gasteiger partial charge in [0.05, 0.1) is 12.1 Å². The molecule has 2 nitrogen and oxygen atoms in total. The van der Waals surface area contributed by atoms with E-state index in [1.807, 2.05) is 36.0 Å². The van der Waals surface area contributed by atoms with Gasteiger partial charge in [0, 0.05) is 10.2 Å². The molecule has 16 heavy (non-hydrogen) atoms. The van der Waals surface area contributed by atoms with Gasteiger partial charge in [0.2, 0.25) is 0 Å². The third kappa shape index (κ3) is 2.73. The third-order valence-corrected chi connectivity index (χ3v) is 4.70. The summed E-state index contributed by atoms with van der Waals surface area (Å²) in [4.78, 5) is 0. The van der Waals surface area contributed by atoms with Gasteiger partial charge < -0.3 is 10.4 Å². The van der Waals surface area contributed by atoms with E-state index < -0.39 is 0 Å². The number of thioether (sulfide) groups is 1. The highest BCUT2D eigenvalue weighted by atomic mass is 79.9. The summed E-state index contributed by atoms with van der Waals surface area (Å²) in [5.74, 6) is 2.25. The SMILES string of the molecule is OCC1(Nc2ccccc2Br)CCSCC1. The Morgan fingerprint density at radius 2 is 2.00 bits per heavy atom. The lowest BCUT2D eigenvalue weighted by Gasteiger charge is -2.37. The summed E-state index contributed by atoms with van der Waals surface area (Å²) in [6.45, 7) is 0.203. The van der Waals surface area contributed by atoms with Crippen LogP contribution in [0.1, 0.15) is 12.8 Å². The van der Waals surface area contributed by atoms with Gasteiger partial charge in [-0.3, -0.25) is 0 Å². The molecule has 0 radical (unpaired) electrons. The maximum absolute atomic E-state index is 9.61. The van der Waals surface area contributed by atoms with Crippen molar-refractivity contribution in [1.82, 2.24) is 0 Å². The Morgan fingerprint density at radius 1 is 1.31 bits per heavy atom. The van der Waals surface area contributed by atoms with Gasteiger partial charge >= 0.3 is 0 Å². The lowest BCUT2D eigenvalue weighted by atomic mass is 9.93. The summed E-state index contributed by atoms with van der Waals surface area (Å²) in [7, 11) is 0. The van der Waals surface area contributed by atoms with Crippen LogP contribution in [-0.2, 0) is 0 Å². The summed E-state index contributed by atoms with van der Waals surface area (Å²) >= 11 is 5.49. The van der Waals surface area contributed by atoms with Gasteiger partial charge in [0.1, 0.15) is 0 Å². The first kappa shape index (κ1) is 12.3. The summed E-state index contributed by atoms with van der Waals surface area (Å²) in [6.07, 6.45) is 2.05. The summed E-state index contributed by atoms with van der Waals surface area (Å²) in [5.41, 5.74) is 0.943. The van der Waals surface area contributed by atoms with Gasteiger partial charge in [-0.2, -0.15) is 11.8 Å². The van der Waals surface area contributed by atoms with E-state index in [1.54, 1.807) is 0 Å². The van der Waals surface area contributed by atoms with Crippen LogP contribution >= 0.6 is 27.7 Å². The molecule has 2 N–H and O–H groups in total. The fourth-order valence-corrected chi connectivity index (χ4v) is 3.59. The topological polar surface area (TPSA) is 32.3 Å². The lowest BCUT2D eigenvalue weighted by molar-refractivity contribution is 0.202. The van der Waals surface area contributed by atoms with Gasteiger partial charge in [0.25, 0.3) is 0 Å². The standard InChI is InChI=1S/C12H16BrNOS/c13-10-3-1-2-4-11(10)14-12(9-15)5-7-16-8-6-12/h1-4,14-15H,5-9H2. The quantitative estimate of drug-likeness (QED) is 0.900. The van der Waals surface area contributed by atoms with Crippen molar-refractivity contribution in [2.45, 2.75) is 18.4 Å². The van der Waals surface area contributed by atoms with Crippen LogP contribution in [0.5, 0.6) is 0 Å². The molecule has 0 aromatic heterocycles. The zero-order valence-corrected chi connectivity index (χ0v) is 11.5. The predicted molar refractivity (Wildman–Crippen MR) is 74.1 cm³/mol. The van der Waals surface area contributed by atoms with Gasteiger partial charge in [-0.05, 0) is 52.4 Å². The average molecular weight is 302 g/mol. The monoisotopic (exact) mass is 301 g/mol. The molecule has 0 bridgehead atoms. The van der Waals surface area contributed by atoms with E-state index in [4.69, 9.17) is 0 Å². The lowest BCUT2D eigenvalue weighted by Crippen LogP contribution is -2.45. The maximum Gasteiger partial charge on any atom is 0.0662 e. The van der Waals surface area contributed by atoms with Crippen molar-refractivity contribution in [2.24, 2.45) is 0 Å². The van der Waals surface area contributed by atoms with Crippen LogP contribution in [0.25, 0.3) is 0 Å². The van der Waals surface area contributed by atoms with Gasteiger partial charge in [-0.25, -0.2) is 0 Å². The van der Waals surface area contributed by atoms with E-state index in [0.29, 0.717) is 0 Å². The average Bonchev–Trinajstić information content (AvgIpc) is 2.33. The summed E-state index contributed by atoms with van der Waals surface area (Å²) in [6, 6.07) is 8.07. The number of nitrogens with one attached hydrogen (secondary N) is 1. The third-order valence-electron chi connectivity index (χ3n) is 3.03. The highest BCUT2D eigenvalue weighted by Gasteiger charge is 2.31. The van der Waals surface area contributed by atoms with Crippen LogP contribution in [0.3, 0.4) is 0 Å². The molecule has 0 aliphatic carbocycles. The van der Waals surface area contributed by atoms with Crippen molar-refractivity contribution in [3.8, 4) is 0 Å². The maximum atomic E-state index is 9.61. The number of benzene rings is 1. The fraction of sp³-hybridized carbons (Fsp3) is 0.500. The van der Waals surface area contributed by atoms with E-state index in [0.717, 1.165) is 34.5 Å². The normalized spacial score (nSPS) is 19.4. The number of aliphatic hydroxyl groups is 1. The smallest absolute Gasteiger partial charge is 0.0662 e. The fourth-order valence-electron chi connectivity index (χ4n) is 1.93. The molecule has 1 saturated heterocycles. The van der Waals surface area contributed by atoms with E-state index in [-0.39, 0.29) is 12.1 Å². The molecule has 1 aromatic carbocycles. The predicted octanol–water partition coefficient (Wildman–Crippen LogP) is 3.12. The van der Waals surface area contributed by atoms with E-state index in [2.05, 4.69) is 21.2 Å². The summed E-state index contributed by atoms with van der Waals surface area (Å²) in [5, 5.41) is 13.1. The molecule has 0 amide bonds. The van der Waals surface area contributed by atoms with Crippen molar-refractivity contribution in [3.63, 3.8) is 0 Å². The van der Waals surface area contributed by atoms with Crippen LogP contribution in [0.15, 0.2) is 28.7 Å². The Morgan fingerprint density at radius 3 is 2.62 bits per heavy atom. The largest absolute Gasteiger partial charge is 0.394 e. The highest BCUT2D eigenvalue weighted by Crippen LogP contribution is 2.32. The van der Waals surface area contributed by atoms with Crippen molar-refractivity contribution >= 4 is 33.4 Å². The minimum absolute atomic E-state index is 0.130. The molecule has 1 fully saturated rings. The molecule has 4 heteroatoms. The zero-order chi connectivity index (χ0) is 11.4. The van der Waals surface area contributed by atoms with Crippen LogP contribution in [0.2, 0.25) is 0 Å². The van der Waals surface area contributed by atoms with Crippen molar-refractivity contribution in [3.05, 3.63) is 28.7 Å². The van der Waals surface area contributed by atoms with E-state index in [9.17, 15) is 5.11 Å². The molecule has 0 unspecified atom stereocenters. The molecule has 0 saturated carbocycles. The molecular weight excluding hydrogens is 286 g/mol. The second-order valence-corrected chi connectivity index (χ2v) is 6.23. The minimum atomic E-state index is -0.130. The van der Waals surface area contributed by atoms with E-state index in [1.165, 1.54) is 0 Å². The Bertz CT molecular complexity index is 353. The Balaban J connectivity index is 2.15. The zero-order valence-electron chi connectivity index (χ0n) is 9.08. The number of hydrogen-bond donors (Lipinski definition) is 2. The first-order chi connectivity index (χ1) is 7.76. The molecule has 1 aliphatic rings. The molecule has 0 atom stereocenters. The van der Waals surface area contributed by atoms with Crippen LogP contribution in [0, 0.1) is 0 Å². The number of anilines is 1. The number of hydrogen-bond acceptors (Lipinski definition) is 3. The van der Waals surface area contributed by atoms with Crippen molar-refractivity contribution < 1.29 is 5.11 Å². The molecule has 88 valence electrons. The summed E-state index contributed by atoms with van der Waals surface area (Å²) < 4.78 is 1.06. The Kier molecular flexibility index (Phi) is 4.16. The molecule has 1 aliphatic heterocycles. The number of aliphatic hydroxyl groups excluding tert-OH is 1. The Labute approximate surface area is 109 Å². The first-order valence-electron chi connectivity index (χ1n) is 5.47. The van der Waals surface area contributed by atoms with Crippen LogP contribution in [0.4, 0.5) is 5.69 Å². The second-order valence-electron chi connectivity index (χ2n) is 4.16. The number of rotatable bonds is 3. The van der Waals surface area contributed by atoms with Gasteiger partial charge in [-0.1, -0.05) is 12.1 Å². The number of para-hydroxylation sites is 1. The van der Waals surface area contributed by atoms with Crippen LogP contribution in [-0.4, -0.2) is 28.8 Å². The van der Waals surface area contributed by atoms with Crippen LogP contribution < -0.4 is 5.32 Å². The van der Waals surface area contributed by atoms with Crippen molar-refractivity contribution in [1.29, 1.82) is 0 Å². The van der Waals surface area contributed by atoms with Gasteiger partial charge in [0.15, 0.2) is 0 Å². The van der Waals surface area contributed by atoms with E-state index >= 15 is 0 Å². The highest BCUT2D eigenvalue weighted by molar-refractivity contribution is 9.10. The minimum Gasteiger partial charge on any atom is -0.394 e. The van der Waals surface area contributed by atoms with Gasteiger partial charge in [-0.15, -0.1) is 0 Å². The van der Waals surface area contributed by atoms with Crippen molar-refractivity contribution in [2.75, 3.05) is 23.4 Å². The molecular formula is C12H16BrNOS. The molecule has 2 rings (SSSR count). The molecule has 1 aromatic rings. The first-order valence-corrected chi connectivity index (χ1v) is 7.42. The second kappa shape index (κ2) is 5.43. The Hall–Kier alpha value is -0.190. The number of halogens is 1.